The third-order valence-corrected chi connectivity index (χ3v) is 18.6. The van der Waals surface area contributed by atoms with Crippen LogP contribution in [0.4, 0.5) is 0 Å². The number of carboxylic acid groups (broad SMARTS) is 1. The Kier molecular flexibility index (Phi) is 38.4. The number of phenols is 1. The maximum absolute atomic E-state index is 15.2. The zero-order chi connectivity index (χ0) is 86.0. The molecule has 27 N–H and O–H groups in total. The highest BCUT2D eigenvalue weighted by atomic mass is 16.4. The number of carbonyl (C=O) groups is 15. The van der Waals surface area contributed by atoms with Crippen LogP contribution in [0.25, 0.3) is 10.9 Å². The van der Waals surface area contributed by atoms with E-state index in [1.165, 1.54) is 50.6 Å². The van der Waals surface area contributed by atoms with Crippen molar-refractivity contribution < 1.29 is 97.5 Å². The number of H-pyrrole nitrogens is 2. The molecule has 0 fully saturated rings. The lowest BCUT2D eigenvalue weighted by Crippen LogP contribution is -2.62. The van der Waals surface area contributed by atoms with Gasteiger partial charge >= 0.3 is 5.97 Å². The number of unbranched alkanes of at least 4 members (excludes halogenated alkanes) is 1. The van der Waals surface area contributed by atoms with Gasteiger partial charge in [-0.3, -0.25) is 71.9 Å². The van der Waals surface area contributed by atoms with Crippen LogP contribution in [0, 0.1) is 11.8 Å². The number of imidazole rings is 1. The predicted octanol–water partition coefficient (Wildman–Crippen LogP) is -4.38. The van der Waals surface area contributed by atoms with Crippen molar-refractivity contribution in [2.45, 2.75) is 223 Å². The van der Waals surface area contributed by atoms with E-state index in [0.29, 0.717) is 40.4 Å². The van der Waals surface area contributed by atoms with Gasteiger partial charge < -0.3 is 122 Å². The van der Waals surface area contributed by atoms with Crippen molar-refractivity contribution in [3.05, 3.63) is 120 Å². The maximum atomic E-state index is 15.2. The van der Waals surface area contributed by atoms with Gasteiger partial charge in [0.15, 0.2) is 0 Å². The zero-order valence-corrected chi connectivity index (χ0v) is 65.8. The van der Waals surface area contributed by atoms with Gasteiger partial charge in [0.2, 0.25) is 82.7 Å². The van der Waals surface area contributed by atoms with Gasteiger partial charge in [-0.1, -0.05) is 88.4 Å². The number of nitrogens with one attached hydrogen (secondary N) is 14. The number of benzene rings is 3. The lowest BCUT2D eigenvalue weighted by Gasteiger charge is -2.29. The molecule has 2 heterocycles. The van der Waals surface area contributed by atoms with Crippen LogP contribution in [0.3, 0.4) is 0 Å². The molecule has 116 heavy (non-hydrogen) atoms. The van der Waals surface area contributed by atoms with Crippen LogP contribution in [-0.4, -0.2) is 233 Å². The molecule has 3 aromatic carbocycles. The molecule has 0 saturated heterocycles. The molecule has 0 aliphatic rings. The van der Waals surface area contributed by atoms with Gasteiger partial charge in [0.25, 0.3) is 0 Å². The largest absolute Gasteiger partial charge is 0.508 e. The summed E-state index contributed by atoms with van der Waals surface area (Å²) in [7, 11) is 0. The van der Waals surface area contributed by atoms with E-state index in [1.807, 2.05) is 13.8 Å². The van der Waals surface area contributed by atoms with E-state index in [1.54, 1.807) is 74.6 Å². The quantitative estimate of drug-likeness (QED) is 0.0164. The molecule has 2 aromatic heterocycles. The second kappa shape index (κ2) is 47.0. The van der Waals surface area contributed by atoms with E-state index in [4.69, 9.17) is 22.9 Å². The first-order chi connectivity index (χ1) is 54.9. The molecule has 39 heteroatoms. The lowest BCUT2D eigenvalue weighted by atomic mass is 10.0. The zero-order valence-electron chi connectivity index (χ0n) is 65.8. The number of aromatic nitrogens is 3. The Morgan fingerprint density at radius 2 is 0.897 bits per heavy atom. The standard InChI is InChI=1S/C77H111N19O20/c1-39(2)29-50(79)67(106)95-63(42(6)98)76(115)93-57(31-44-15-9-8-10-16-44)71(110)88-54(25-27-62(102)103)69(108)92-59(34-47-36-82-38-84-47)73(112)90-56(32-45-20-22-48(100)23-21-45)72(111)91-58(33-46-35-83-51-18-12-11-17-49(46)51)70(109)85-41(5)66(105)87-53(24-26-61(80)101)68(107)89-55(30-40(3)4)74(113)96-64(43(7)99)77(116)94-60(37-97)75(114)86-52(65(81)104)19-13-14-28-78/h8-12,15-18,20-23,35-36,38-43,50,52-60,63-64,83,97-100H,13-14,19,24-34,37,78-79H2,1-7H3,(H2,80,101)(H2,81,104)(H,82,84)(H,85,109)(H,86,114)(H,87,105)(H,88,110)(H,89,107)(H,90,112)(H,91,111)(H,92,108)(H,93,115)(H,94,116)(H,95,106)(H,96,113)(H,102,103)/t41-,42+,43+,50-,52-,53-,54-,55-,56-,57-,58-,59-,60-,63-,64-/m0/s1. The molecule has 15 atom stereocenters. The molecule has 0 aliphatic heterocycles. The Bertz CT molecular complexity index is 4140. The SMILES string of the molecule is CC(C)C[C@H](NC(=O)[C@H](CCC(N)=O)NC(=O)[C@H](C)NC(=O)[C@H](Cc1c[nH]c2ccccc12)NC(=O)[C@H](Cc1ccc(O)cc1)NC(=O)[C@H](Cc1c[nH]cn1)NC(=O)[C@H](CCC(=O)O)NC(=O)[C@H](Cc1ccccc1)NC(=O)[C@@H](NC(=O)[C@@H](N)CC(C)C)[C@@H](C)O)C(=O)N[C@H](C(=O)N[C@@H](CO)C(=O)N[C@@H](CCCCN)C(N)=O)[C@@H](C)O. The minimum absolute atomic E-state index is 0.0238. The molecule has 634 valence electrons. The predicted molar refractivity (Wildman–Crippen MR) is 420 cm³/mol. The normalized spacial score (nSPS) is 15.2. The molecular weight excluding hydrogens is 1510 g/mol. The Morgan fingerprint density at radius 3 is 1.41 bits per heavy atom. The first-order valence-corrected chi connectivity index (χ1v) is 38.1. The van der Waals surface area contributed by atoms with Gasteiger partial charge in [0.05, 0.1) is 36.9 Å². The number of hydrogen-bond acceptors (Lipinski definition) is 22. The van der Waals surface area contributed by atoms with Crippen molar-refractivity contribution in [2.75, 3.05) is 13.2 Å². The summed E-state index contributed by atoms with van der Waals surface area (Å²) in [6.07, 6.45) is -1.68. The van der Waals surface area contributed by atoms with E-state index in [2.05, 4.69) is 78.8 Å². The van der Waals surface area contributed by atoms with Crippen molar-refractivity contribution in [2.24, 2.45) is 34.8 Å². The summed E-state index contributed by atoms with van der Waals surface area (Å²) in [5, 5.41) is 82.3. The minimum Gasteiger partial charge on any atom is -0.508 e. The van der Waals surface area contributed by atoms with Crippen LogP contribution in [0.5, 0.6) is 5.75 Å². The summed E-state index contributed by atoms with van der Waals surface area (Å²) in [5.41, 5.74) is 24.7. The lowest BCUT2D eigenvalue weighted by molar-refractivity contribution is -0.139. The number of rotatable bonds is 50. The first-order valence-electron chi connectivity index (χ1n) is 38.1. The number of phenolic OH excluding ortho intramolecular Hbond substituents is 1. The average Bonchev–Trinajstić information content (AvgIpc) is 1.62. The minimum atomic E-state index is -1.84. The number of aliphatic carboxylic acids is 1. The number of nitrogens with two attached hydrogens (primary N) is 4. The number of primary amides is 2. The average molecular weight is 1620 g/mol. The molecule has 0 radical (unpaired) electrons. The van der Waals surface area contributed by atoms with Gasteiger partial charge in [0.1, 0.15) is 78.3 Å². The number of aromatic hydroxyl groups is 1. The molecular formula is C77H111N19O20. The third-order valence-electron chi connectivity index (χ3n) is 18.6. The van der Waals surface area contributed by atoms with Crippen molar-refractivity contribution in [3.8, 4) is 5.75 Å². The number of para-hydroxylation sites is 1. The summed E-state index contributed by atoms with van der Waals surface area (Å²) >= 11 is 0. The monoisotopic (exact) mass is 1620 g/mol. The number of carboxylic acids is 1. The van der Waals surface area contributed by atoms with Crippen molar-refractivity contribution in [3.63, 3.8) is 0 Å². The second-order valence-electron chi connectivity index (χ2n) is 29.3. The Balaban J connectivity index is 1.44. The van der Waals surface area contributed by atoms with Crippen LogP contribution in [0.2, 0.25) is 0 Å². The van der Waals surface area contributed by atoms with Crippen LogP contribution in [0.15, 0.2) is 97.6 Å². The van der Waals surface area contributed by atoms with E-state index in [0.717, 1.165) is 6.92 Å². The molecule has 0 aliphatic carbocycles. The molecule has 39 nitrogen and oxygen atoms in total. The Morgan fingerprint density at radius 1 is 0.448 bits per heavy atom. The van der Waals surface area contributed by atoms with Crippen LogP contribution in [-0.2, 0) is 97.6 Å². The van der Waals surface area contributed by atoms with E-state index in [9.17, 15) is 87.9 Å². The highest BCUT2D eigenvalue weighted by molar-refractivity contribution is 6.01. The second-order valence-corrected chi connectivity index (χ2v) is 29.3. The highest BCUT2D eigenvalue weighted by Gasteiger charge is 2.39. The first kappa shape index (κ1) is 94.7. The molecule has 5 aromatic rings. The third kappa shape index (κ3) is 31.4. The maximum Gasteiger partial charge on any atom is 0.303 e. The van der Waals surface area contributed by atoms with Crippen molar-refractivity contribution in [1.29, 1.82) is 0 Å². The Labute approximate surface area is 669 Å². The number of aliphatic hydroxyl groups is 3. The Hall–Kier alpha value is -11.9. The number of fused-ring (bicyclic) bond motifs is 1. The van der Waals surface area contributed by atoms with Gasteiger partial charge in [-0.15, -0.1) is 0 Å². The van der Waals surface area contributed by atoms with Gasteiger partial charge in [-0.2, -0.15) is 0 Å². The van der Waals surface area contributed by atoms with Crippen molar-refractivity contribution in [1.82, 2.24) is 78.8 Å². The summed E-state index contributed by atoms with van der Waals surface area (Å²) in [4.78, 5) is 218. The fourth-order valence-corrected chi connectivity index (χ4v) is 12.2. The summed E-state index contributed by atoms with van der Waals surface area (Å²) in [6.45, 7) is 9.83. The number of aromatic amines is 2. The van der Waals surface area contributed by atoms with Gasteiger partial charge in [-0.05, 0) is 119 Å². The van der Waals surface area contributed by atoms with Gasteiger partial charge in [-0.25, -0.2) is 4.98 Å². The van der Waals surface area contributed by atoms with Crippen LogP contribution < -0.4 is 86.7 Å². The number of hydrogen-bond donors (Lipinski definition) is 23. The summed E-state index contributed by atoms with van der Waals surface area (Å²) < 4.78 is 0. The van der Waals surface area contributed by atoms with E-state index in [-0.39, 0.29) is 68.3 Å². The fourth-order valence-electron chi connectivity index (χ4n) is 12.2. The smallest absolute Gasteiger partial charge is 0.303 e. The van der Waals surface area contributed by atoms with Crippen LogP contribution >= 0.6 is 0 Å². The highest BCUT2D eigenvalue weighted by Crippen LogP contribution is 2.21. The number of aliphatic hydroxyl groups excluding tert-OH is 3. The molecule has 14 amide bonds. The van der Waals surface area contributed by atoms with E-state index >= 15 is 9.59 Å². The number of amides is 14. The van der Waals surface area contributed by atoms with Gasteiger partial charge in [0, 0.05) is 61.8 Å². The molecule has 0 saturated carbocycles. The van der Waals surface area contributed by atoms with E-state index < -0.39 is 218 Å². The fraction of sp³-hybridized carbons (Fsp3) is 0.506. The van der Waals surface area contributed by atoms with Crippen molar-refractivity contribution >= 4 is 99.6 Å². The summed E-state index contributed by atoms with van der Waals surface area (Å²) in [6, 6.07) is -0.170. The number of nitrogens with zero attached hydrogens (tertiary/aromatic N) is 1. The molecule has 5 rings (SSSR count). The number of carbonyl (C=O) groups excluding carboxylic acids is 14. The molecule has 0 unspecified atom stereocenters. The summed E-state index contributed by atoms with van der Waals surface area (Å²) in [5.74, 6) is -16.4. The molecule has 0 bridgehead atoms. The van der Waals surface area contributed by atoms with Crippen LogP contribution in [0.1, 0.15) is 129 Å². The molecule has 0 spiro atoms. The topological polar surface area (TPSA) is 650 Å².